The van der Waals surface area contributed by atoms with Crippen molar-refractivity contribution in [3.8, 4) is 0 Å². The Morgan fingerprint density at radius 2 is 1.71 bits per heavy atom. The van der Waals surface area contributed by atoms with E-state index in [9.17, 15) is 18.0 Å². The first-order valence-electron chi connectivity index (χ1n) is 11.0. The summed E-state index contributed by atoms with van der Waals surface area (Å²) >= 11 is 0. The van der Waals surface area contributed by atoms with E-state index in [1.54, 1.807) is 0 Å². The molecule has 3 heterocycles. The number of anilines is 1. The minimum absolute atomic E-state index is 0.451. The molecule has 1 aliphatic carbocycles. The first kappa shape index (κ1) is 21.8. The van der Waals surface area contributed by atoms with Crippen LogP contribution in [0.25, 0.3) is 0 Å². The Balaban J connectivity index is 1.28. The summed E-state index contributed by atoms with van der Waals surface area (Å²) < 4.78 is 38.7. The van der Waals surface area contributed by atoms with Gasteiger partial charge in [0.1, 0.15) is 5.56 Å². The molecule has 9 heteroatoms. The first-order chi connectivity index (χ1) is 14.9. The molecule has 2 aliphatic rings. The Hall–Kier alpha value is -2.42. The molecular weight excluding hydrogens is 407 g/mol. The van der Waals surface area contributed by atoms with Gasteiger partial charge in [0.2, 0.25) is 5.95 Å². The van der Waals surface area contributed by atoms with E-state index in [1.165, 1.54) is 43.9 Å². The standard InChI is InChI=1S/C22H28F3N5O/c23-22(24,25)19-12-16(13-26-20(19)31)6-7-29-8-10-30(11-9-29)21-27-14-18(15-28-21)17-4-2-1-3-5-17/h12-15,17H,1-11H2,(H,26,31). The van der Waals surface area contributed by atoms with Crippen LogP contribution in [-0.2, 0) is 12.6 Å². The maximum absolute atomic E-state index is 12.9. The zero-order chi connectivity index (χ0) is 21.8. The van der Waals surface area contributed by atoms with Crippen LogP contribution in [-0.4, -0.2) is 52.6 Å². The molecule has 0 atom stereocenters. The van der Waals surface area contributed by atoms with Crippen molar-refractivity contribution in [3.63, 3.8) is 0 Å². The highest BCUT2D eigenvalue weighted by atomic mass is 19.4. The highest BCUT2D eigenvalue weighted by molar-refractivity contribution is 5.31. The summed E-state index contributed by atoms with van der Waals surface area (Å²) in [7, 11) is 0. The van der Waals surface area contributed by atoms with E-state index in [4.69, 9.17) is 0 Å². The number of hydrogen-bond acceptors (Lipinski definition) is 5. The quantitative estimate of drug-likeness (QED) is 0.778. The van der Waals surface area contributed by atoms with Crippen LogP contribution in [0, 0.1) is 0 Å². The van der Waals surface area contributed by atoms with Crippen molar-refractivity contribution in [2.45, 2.75) is 50.6 Å². The van der Waals surface area contributed by atoms with E-state index >= 15 is 0 Å². The molecule has 0 aromatic carbocycles. The van der Waals surface area contributed by atoms with Crippen LogP contribution in [0.5, 0.6) is 0 Å². The highest BCUT2D eigenvalue weighted by Crippen LogP contribution is 2.32. The van der Waals surface area contributed by atoms with Crippen LogP contribution >= 0.6 is 0 Å². The Kier molecular flexibility index (Phi) is 6.60. The Morgan fingerprint density at radius 1 is 1.03 bits per heavy atom. The molecular formula is C22H28F3N5O. The predicted octanol–water partition coefficient (Wildman–Crippen LogP) is 3.60. The number of aromatic amines is 1. The Bertz CT molecular complexity index is 914. The number of alkyl halides is 3. The molecule has 2 aromatic rings. The van der Waals surface area contributed by atoms with Gasteiger partial charge in [0.25, 0.3) is 5.56 Å². The fourth-order valence-electron chi connectivity index (χ4n) is 4.48. The average Bonchev–Trinajstić information content (AvgIpc) is 2.79. The van der Waals surface area contributed by atoms with Gasteiger partial charge in [-0.3, -0.25) is 9.69 Å². The molecule has 6 nitrogen and oxygen atoms in total. The zero-order valence-electron chi connectivity index (χ0n) is 17.5. The Morgan fingerprint density at radius 3 is 2.35 bits per heavy atom. The van der Waals surface area contributed by atoms with Crippen molar-refractivity contribution < 1.29 is 13.2 Å². The molecule has 0 amide bonds. The Labute approximate surface area is 179 Å². The number of nitrogens with one attached hydrogen (secondary N) is 1. The fraction of sp³-hybridized carbons (Fsp3) is 0.591. The number of pyridine rings is 1. The van der Waals surface area contributed by atoms with Crippen LogP contribution in [0.2, 0.25) is 0 Å². The third-order valence-corrected chi connectivity index (χ3v) is 6.38. The average molecular weight is 435 g/mol. The van der Waals surface area contributed by atoms with E-state index in [0.717, 1.165) is 38.2 Å². The van der Waals surface area contributed by atoms with Gasteiger partial charge < -0.3 is 9.88 Å². The van der Waals surface area contributed by atoms with Crippen molar-refractivity contribution in [1.82, 2.24) is 19.9 Å². The third kappa shape index (κ3) is 5.44. The number of nitrogens with zero attached hydrogens (tertiary/aromatic N) is 4. The van der Waals surface area contributed by atoms with Gasteiger partial charge in [-0.1, -0.05) is 19.3 Å². The molecule has 4 rings (SSSR count). The first-order valence-corrected chi connectivity index (χ1v) is 11.0. The summed E-state index contributed by atoms with van der Waals surface area (Å²) in [6.07, 6.45) is 7.46. The minimum Gasteiger partial charge on any atom is -0.338 e. The van der Waals surface area contributed by atoms with Gasteiger partial charge in [0, 0.05) is 51.3 Å². The monoisotopic (exact) mass is 435 g/mol. The predicted molar refractivity (Wildman–Crippen MR) is 112 cm³/mol. The molecule has 0 spiro atoms. The van der Waals surface area contributed by atoms with Gasteiger partial charge in [0.15, 0.2) is 0 Å². The highest BCUT2D eigenvalue weighted by Gasteiger charge is 2.34. The number of halogens is 3. The van der Waals surface area contributed by atoms with Crippen molar-refractivity contribution >= 4 is 5.95 Å². The summed E-state index contributed by atoms with van der Waals surface area (Å²) in [5, 5.41) is 0. The number of hydrogen-bond donors (Lipinski definition) is 1. The van der Waals surface area contributed by atoms with Gasteiger partial charge in [-0.2, -0.15) is 13.2 Å². The largest absolute Gasteiger partial charge is 0.421 e. The van der Waals surface area contributed by atoms with Crippen LogP contribution < -0.4 is 10.5 Å². The summed E-state index contributed by atoms with van der Waals surface area (Å²) in [6, 6.07) is 0.955. The second kappa shape index (κ2) is 9.38. The van der Waals surface area contributed by atoms with Gasteiger partial charge in [-0.05, 0) is 42.4 Å². The summed E-state index contributed by atoms with van der Waals surface area (Å²) in [6.45, 7) is 3.79. The lowest BCUT2D eigenvalue weighted by atomic mass is 9.85. The van der Waals surface area contributed by atoms with Crippen LogP contribution in [0.3, 0.4) is 0 Å². The lowest BCUT2D eigenvalue weighted by Crippen LogP contribution is -2.47. The zero-order valence-corrected chi connectivity index (χ0v) is 17.5. The second-order valence-corrected chi connectivity index (χ2v) is 8.48. The van der Waals surface area contributed by atoms with E-state index in [-0.39, 0.29) is 0 Å². The molecule has 2 aromatic heterocycles. The van der Waals surface area contributed by atoms with Crippen LogP contribution in [0.4, 0.5) is 19.1 Å². The van der Waals surface area contributed by atoms with E-state index < -0.39 is 17.3 Å². The molecule has 0 unspecified atom stereocenters. The maximum atomic E-state index is 12.9. The van der Waals surface area contributed by atoms with Gasteiger partial charge in [-0.15, -0.1) is 0 Å². The topological polar surface area (TPSA) is 65.1 Å². The number of aromatic nitrogens is 3. The summed E-state index contributed by atoms with van der Waals surface area (Å²) in [4.78, 5) is 27.2. The molecule has 1 aliphatic heterocycles. The molecule has 168 valence electrons. The van der Waals surface area contributed by atoms with E-state index in [1.807, 2.05) is 12.4 Å². The van der Waals surface area contributed by atoms with Crippen molar-refractivity contribution in [2.24, 2.45) is 0 Å². The maximum Gasteiger partial charge on any atom is 0.421 e. The van der Waals surface area contributed by atoms with E-state index in [2.05, 4.69) is 24.8 Å². The smallest absolute Gasteiger partial charge is 0.338 e. The number of H-pyrrole nitrogens is 1. The molecule has 0 bridgehead atoms. The van der Waals surface area contributed by atoms with Crippen molar-refractivity contribution in [1.29, 1.82) is 0 Å². The normalized spacial score (nSPS) is 19.0. The van der Waals surface area contributed by atoms with Crippen molar-refractivity contribution in [2.75, 3.05) is 37.6 Å². The number of rotatable bonds is 5. The second-order valence-electron chi connectivity index (χ2n) is 8.48. The van der Waals surface area contributed by atoms with E-state index in [0.29, 0.717) is 24.4 Å². The minimum atomic E-state index is -4.64. The summed E-state index contributed by atoms with van der Waals surface area (Å²) in [5.41, 5.74) is -0.514. The molecule has 2 fully saturated rings. The molecule has 1 N–H and O–H groups in total. The van der Waals surface area contributed by atoms with Gasteiger partial charge in [0.05, 0.1) is 0 Å². The molecule has 1 saturated carbocycles. The lowest BCUT2D eigenvalue weighted by molar-refractivity contribution is -0.138. The van der Waals surface area contributed by atoms with Crippen LogP contribution in [0.15, 0.2) is 29.5 Å². The van der Waals surface area contributed by atoms with Crippen LogP contribution in [0.1, 0.15) is 54.7 Å². The van der Waals surface area contributed by atoms with Gasteiger partial charge >= 0.3 is 6.18 Å². The molecule has 0 radical (unpaired) electrons. The van der Waals surface area contributed by atoms with Gasteiger partial charge in [-0.25, -0.2) is 9.97 Å². The lowest BCUT2D eigenvalue weighted by Gasteiger charge is -2.34. The number of piperazine rings is 1. The SMILES string of the molecule is O=c1[nH]cc(CCN2CCN(c3ncc(C4CCCCC4)cn3)CC2)cc1C(F)(F)F. The molecule has 31 heavy (non-hydrogen) atoms. The van der Waals surface area contributed by atoms with Crippen molar-refractivity contribution in [3.05, 3.63) is 51.7 Å². The fourth-order valence-corrected chi connectivity index (χ4v) is 4.48. The third-order valence-electron chi connectivity index (χ3n) is 6.38. The molecule has 1 saturated heterocycles. The summed E-state index contributed by atoms with van der Waals surface area (Å²) in [5.74, 6) is 1.33.